The van der Waals surface area contributed by atoms with Gasteiger partial charge in [0.2, 0.25) is 0 Å². The van der Waals surface area contributed by atoms with Crippen molar-refractivity contribution in [2.45, 2.75) is 38.1 Å². The van der Waals surface area contributed by atoms with Crippen LogP contribution in [-0.4, -0.2) is 11.0 Å². The first-order valence-corrected chi connectivity index (χ1v) is 7.92. The molecular weight excluding hydrogens is 294 g/mol. The lowest BCUT2D eigenvalue weighted by Crippen LogP contribution is -2.39. The van der Waals surface area contributed by atoms with Crippen LogP contribution in [0, 0.1) is 0 Å². The third kappa shape index (κ3) is 2.50. The minimum atomic E-state index is -0.471. The lowest BCUT2D eigenvalue weighted by atomic mass is 9.95. The number of aromatic nitrogens is 1. The molecule has 0 aliphatic heterocycles. The number of benzene rings is 1. The van der Waals surface area contributed by atoms with Crippen molar-refractivity contribution in [3.8, 4) is 0 Å². The van der Waals surface area contributed by atoms with Gasteiger partial charge in [-0.3, -0.25) is 9.59 Å². The number of hydrogen-bond acceptors (Lipinski definition) is 6. The topological polar surface area (TPSA) is 84.2 Å². The Balaban J connectivity index is 1.57. The molecule has 0 spiro atoms. The van der Waals surface area contributed by atoms with E-state index in [4.69, 9.17) is 4.42 Å². The van der Waals surface area contributed by atoms with E-state index >= 15 is 0 Å². The van der Waals surface area contributed by atoms with E-state index in [2.05, 4.69) is 15.6 Å². The minimum absolute atomic E-state index is 0.282. The number of fused-ring (bicyclic) bond motifs is 1. The standard InChI is InChI=1S/C17H17N3O3/c21-16-14(19-10-4-2-1-3-5-10)15(17(16)22)20-11-6-7-12-13(8-11)23-9-18-12/h6-10,19-20H,1-5H2. The largest absolute Gasteiger partial charge is 0.443 e. The van der Waals surface area contributed by atoms with E-state index in [0.29, 0.717) is 22.6 Å². The van der Waals surface area contributed by atoms with Crippen molar-refractivity contribution in [2.24, 2.45) is 0 Å². The highest BCUT2D eigenvalue weighted by molar-refractivity contribution is 5.83. The lowest BCUT2D eigenvalue weighted by molar-refractivity contribution is 0.462. The summed E-state index contributed by atoms with van der Waals surface area (Å²) in [6, 6.07) is 5.67. The number of nitrogens with zero attached hydrogens (tertiary/aromatic N) is 1. The van der Waals surface area contributed by atoms with E-state index in [1.165, 1.54) is 12.8 Å². The summed E-state index contributed by atoms with van der Waals surface area (Å²) in [6.07, 6.45) is 7.04. The Morgan fingerprint density at radius 3 is 2.65 bits per heavy atom. The van der Waals surface area contributed by atoms with Gasteiger partial charge >= 0.3 is 0 Å². The minimum Gasteiger partial charge on any atom is -0.443 e. The molecule has 1 fully saturated rings. The molecule has 6 nitrogen and oxygen atoms in total. The van der Waals surface area contributed by atoms with Crippen LogP contribution in [0.4, 0.5) is 17.1 Å². The maximum absolute atomic E-state index is 11.9. The molecule has 118 valence electrons. The first kappa shape index (κ1) is 14.0. The highest BCUT2D eigenvalue weighted by atomic mass is 16.3. The highest BCUT2D eigenvalue weighted by Crippen LogP contribution is 2.27. The molecule has 2 N–H and O–H groups in total. The van der Waals surface area contributed by atoms with Crippen molar-refractivity contribution < 1.29 is 4.42 Å². The molecule has 0 bridgehead atoms. The molecule has 0 amide bonds. The molecule has 0 unspecified atom stereocenters. The Hall–Kier alpha value is -2.63. The summed E-state index contributed by atoms with van der Waals surface area (Å²) in [5, 5.41) is 6.29. The Bertz CT molecular complexity index is 915. The smallest absolute Gasteiger partial charge is 0.253 e. The van der Waals surface area contributed by atoms with Crippen molar-refractivity contribution >= 4 is 28.2 Å². The quantitative estimate of drug-likeness (QED) is 0.721. The molecule has 4 rings (SSSR count). The van der Waals surface area contributed by atoms with Gasteiger partial charge in [0.05, 0.1) is 0 Å². The summed E-state index contributed by atoms with van der Waals surface area (Å²) in [5.41, 5.74) is 1.95. The van der Waals surface area contributed by atoms with Crippen LogP contribution in [0.1, 0.15) is 32.1 Å². The molecule has 1 aromatic heterocycles. The molecule has 6 heteroatoms. The van der Waals surface area contributed by atoms with Crippen molar-refractivity contribution in [3.05, 3.63) is 45.0 Å². The summed E-state index contributed by atoms with van der Waals surface area (Å²) < 4.78 is 5.25. The van der Waals surface area contributed by atoms with Gasteiger partial charge in [0.25, 0.3) is 10.9 Å². The van der Waals surface area contributed by atoms with Crippen molar-refractivity contribution in [3.63, 3.8) is 0 Å². The molecule has 23 heavy (non-hydrogen) atoms. The molecule has 1 aliphatic carbocycles. The van der Waals surface area contributed by atoms with Gasteiger partial charge < -0.3 is 15.1 Å². The first-order valence-electron chi connectivity index (χ1n) is 7.92. The molecule has 3 aromatic rings. The summed E-state index contributed by atoms with van der Waals surface area (Å²) in [6.45, 7) is 0. The Kier molecular flexibility index (Phi) is 3.37. The van der Waals surface area contributed by atoms with E-state index in [1.54, 1.807) is 12.1 Å². The average molecular weight is 311 g/mol. The van der Waals surface area contributed by atoms with Crippen molar-refractivity contribution in [2.75, 3.05) is 10.6 Å². The number of nitrogens with one attached hydrogen (secondary N) is 2. The molecular formula is C17H17N3O3. The second kappa shape index (κ2) is 5.53. The number of hydrogen-bond donors (Lipinski definition) is 2. The van der Waals surface area contributed by atoms with Crippen LogP contribution in [0.2, 0.25) is 0 Å². The normalized spacial score (nSPS) is 16.0. The van der Waals surface area contributed by atoms with Crippen LogP contribution in [0.15, 0.2) is 38.6 Å². The summed E-state index contributed by atoms with van der Waals surface area (Å²) in [5.74, 6) is 0. The first-order chi connectivity index (χ1) is 11.2. The predicted molar refractivity (Wildman–Crippen MR) is 89.1 cm³/mol. The second-order valence-corrected chi connectivity index (χ2v) is 6.05. The van der Waals surface area contributed by atoms with E-state index in [-0.39, 0.29) is 6.04 Å². The summed E-state index contributed by atoms with van der Waals surface area (Å²) >= 11 is 0. The van der Waals surface area contributed by atoms with Gasteiger partial charge in [-0.15, -0.1) is 0 Å². The highest BCUT2D eigenvalue weighted by Gasteiger charge is 2.24. The molecule has 2 aromatic carbocycles. The van der Waals surface area contributed by atoms with E-state index in [0.717, 1.165) is 31.2 Å². The Labute approximate surface area is 132 Å². The fourth-order valence-electron chi connectivity index (χ4n) is 3.18. The summed E-state index contributed by atoms with van der Waals surface area (Å²) in [7, 11) is 0. The summed E-state index contributed by atoms with van der Waals surface area (Å²) in [4.78, 5) is 27.8. The zero-order chi connectivity index (χ0) is 15.8. The van der Waals surface area contributed by atoms with E-state index in [1.807, 2.05) is 6.07 Å². The molecule has 1 aliphatic rings. The molecule has 0 atom stereocenters. The van der Waals surface area contributed by atoms with Crippen LogP contribution in [-0.2, 0) is 0 Å². The Morgan fingerprint density at radius 1 is 1.04 bits per heavy atom. The van der Waals surface area contributed by atoms with Gasteiger partial charge in [-0.25, -0.2) is 4.98 Å². The fraction of sp³-hybridized carbons (Fsp3) is 0.353. The van der Waals surface area contributed by atoms with Gasteiger partial charge in [0.15, 0.2) is 12.0 Å². The van der Waals surface area contributed by atoms with Crippen LogP contribution in [0.3, 0.4) is 0 Å². The Morgan fingerprint density at radius 2 is 1.83 bits per heavy atom. The third-order valence-electron chi connectivity index (χ3n) is 4.46. The van der Waals surface area contributed by atoms with Gasteiger partial charge in [-0.2, -0.15) is 0 Å². The molecule has 1 saturated carbocycles. The zero-order valence-electron chi connectivity index (χ0n) is 12.6. The van der Waals surface area contributed by atoms with E-state index in [9.17, 15) is 9.59 Å². The predicted octanol–water partition coefficient (Wildman–Crippen LogP) is 2.91. The van der Waals surface area contributed by atoms with Crippen LogP contribution in [0.5, 0.6) is 0 Å². The van der Waals surface area contributed by atoms with Gasteiger partial charge in [0, 0.05) is 17.8 Å². The molecule has 0 saturated heterocycles. The number of rotatable bonds is 4. The van der Waals surface area contributed by atoms with Gasteiger partial charge in [-0.1, -0.05) is 19.3 Å². The van der Waals surface area contributed by atoms with Gasteiger partial charge in [-0.05, 0) is 25.0 Å². The third-order valence-corrected chi connectivity index (χ3v) is 4.46. The SMILES string of the molecule is O=c1c(Nc2ccc3ncoc3c2)c(NC2CCCCC2)c1=O. The zero-order valence-corrected chi connectivity index (χ0v) is 12.6. The monoisotopic (exact) mass is 311 g/mol. The van der Waals surface area contributed by atoms with Crippen LogP contribution < -0.4 is 21.5 Å². The average Bonchev–Trinajstić information content (AvgIpc) is 3.06. The molecule has 1 heterocycles. The molecule has 0 radical (unpaired) electrons. The van der Waals surface area contributed by atoms with E-state index < -0.39 is 10.9 Å². The second-order valence-electron chi connectivity index (χ2n) is 6.05. The van der Waals surface area contributed by atoms with Gasteiger partial charge in [0.1, 0.15) is 16.9 Å². The lowest BCUT2D eigenvalue weighted by Gasteiger charge is -2.25. The fourth-order valence-corrected chi connectivity index (χ4v) is 3.18. The number of oxazole rings is 1. The number of anilines is 3. The van der Waals surface area contributed by atoms with Crippen molar-refractivity contribution in [1.82, 2.24) is 4.98 Å². The maximum atomic E-state index is 11.9. The maximum Gasteiger partial charge on any atom is 0.253 e. The van der Waals surface area contributed by atoms with Crippen LogP contribution >= 0.6 is 0 Å². The van der Waals surface area contributed by atoms with Crippen LogP contribution in [0.25, 0.3) is 11.1 Å². The van der Waals surface area contributed by atoms with Crippen molar-refractivity contribution in [1.29, 1.82) is 0 Å².